The van der Waals surface area contributed by atoms with Gasteiger partial charge in [-0.2, -0.15) is 0 Å². The van der Waals surface area contributed by atoms with Gasteiger partial charge in [0.25, 0.3) is 0 Å². The van der Waals surface area contributed by atoms with Crippen molar-refractivity contribution in [1.29, 1.82) is 0 Å². The summed E-state index contributed by atoms with van der Waals surface area (Å²) in [6, 6.07) is 10.0. The summed E-state index contributed by atoms with van der Waals surface area (Å²) in [5.41, 5.74) is 1.11. The van der Waals surface area contributed by atoms with E-state index >= 15 is 0 Å². The van der Waals surface area contributed by atoms with Crippen molar-refractivity contribution >= 4 is 6.08 Å². The Labute approximate surface area is 108 Å². The van der Waals surface area contributed by atoms with Gasteiger partial charge in [-0.3, -0.25) is 0 Å². The lowest BCUT2D eigenvalue weighted by molar-refractivity contribution is -0.152. The first-order valence-electron chi connectivity index (χ1n) is 6.25. The Kier molecular flexibility index (Phi) is 3.85. The van der Waals surface area contributed by atoms with E-state index in [1.54, 1.807) is 6.92 Å². The zero-order chi connectivity index (χ0) is 13.2. The Balaban J connectivity index is 2.10. The molecule has 1 aromatic carbocycles. The van der Waals surface area contributed by atoms with Crippen LogP contribution in [0.5, 0.6) is 0 Å². The number of aliphatic hydroxyl groups excluding tert-OH is 1. The minimum absolute atomic E-state index is 0.222. The van der Waals surface area contributed by atoms with Gasteiger partial charge in [0.1, 0.15) is 12.2 Å². The zero-order valence-electron chi connectivity index (χ0n) is 11.0. The topological polar surface area (TPSA) is 38.7 Å². The van der Waals surface area contributed by atoms with Crippen molar-refractivity contribution in [3.63, 3.8) is 0 Å². The van der Waals surface area contributed by atoms with Crippen LogP contribution in [0.4, 0.5) is 0 Å². The third-order valence-electron chi connectivity index (χ3n) is 2.92. The maximum Gasteiger partial charge on any atom is 0.164 e. The third kappa shape index (κ3) is 3.19. The molecule has 0 aromatic heterocycles. The number of ether oxygens (including phenoxy) is 2. The smallest absolute Gasteiger partial charge is 0.164 e. The fraction of sp³-hybridized carbons (Fsp3) is 0.467. The molecule has 3 atom stereocenters. The molecule has 0 spiro atoms. The molecule has 1 aliphatic rings. The van der Waals surface area contributed by atoms with Gasteiger partial charge in [-0.1, -0.05) is 42.5 Å². The molecule has 1 fully saturated rings. The van der Waals surface area contributed by atoms with Gasteiger partial charge < -0.3 is 14.6 Å². The first-order valence-corrected chi connectivity index (χ1v) is 6.25. The van der Waals surface area contributed by atoms with E-state index in [0.29, 0.717) is 0 Å². The highest BCUT2D eigenvalue weighted by molar-refractivity contribution is 5.49. The SMILES string of the molecule is C[C@@H](O)[C@H]1OC(C)(C)O[C@@H]1/C=C/c1ccccc1. The second-order valence-corrected chi connectivity index (χ2v) is 5.08. The molecule has 1 aromatic rings. The quantitative estimate of drug-likeness (QED) is 0.893. The van der Waals surface area contributed by atoms with E-state index in [1.165, 1.54) is 0 Å². The van der Waals surface area contributed by atoms with Crippen LogP contribution in [-0.4, -0.2) is 29.2 Å². The van der Waals surface area contributed by atoms with E-state index < -0.39 is 11.9 Å². The molecule has 98 valence electrons. The first-order chi connectivity index (χ1) is 8.48. The Hall–Kier alpha value is -1.16. The molecule has 0 bridgehead atoms. The lowest BCUT2D eigenvalue weighted by Gasteiger charge is -2.18. The Morgan fingerprint density at radius 1 is 1.22 bits per heavy atom. The molecule has 0 unspecified atom stereocenters. The summed E-state index contributed by atoms with van der Waals surface area (Å²) < 4.78 is 11.5. The predicted molar refractivity (Wildman–Crippen MR) is 71.0 cm³/mol. The minimum Gasteiger partial charge on any atom is -0.391 e. The van der Waals surface area contributed by atoms with Crippen LogP contribution in [0.2, 0.25) is 0 Å². The molecule has 3 nitrogen and oxygen atoms in total. The van der Waals surface area contributed by atoms with Crippen molar-refractivity contribution in [3.05, 3.63) is 42.0 Å². The van der Waals surface area contributed by atoms with E-state index in [1.807, 2.05) is 56.3 Å². The number of hydrogen-bond acceptors (Lipinski definition) is 3. The first kappa shape index (κ1) is 13.3. The highest BCUT2D eigenvalue weighted by atomic mass is 16.8. The summed E-state index contributed by atoms with van der Waals surface area (Å²) in [7, 11) is 0. The monoisotopic (exact) mass is 248 g/mol. The normalized spacial score (nSPS) is 28.7. The average molecular weight is 248 g/mol. The van der Waals surface area contributed by atoms with Crippen LogP contribution in [0.3, 0.4) is 0 Å². The van der Waals surface area contributed by atoms with Crippen LogP contribution in [0, 0.1) is 0 Å². The number of benzene rings is 1. The number of rotatable bonds is 3. The lowest BCUT2D eigenvalue weighted by atomic mass is 10.1. The summed E-state index contributed by atoms with van der Waals surface area (Å²) >= 11 is 0. The van der Waals surface area contributed by atoms with Crippen molar-refractivity contribution in [2.45, 2.75) is 44.9 Å². The molecule has 0 saturated carbocycles. The predicted octanol–water partition coefficient (Wildman–Crippen LogP) is 2.60. The summed E-state index contributed by atoms with van der Waals surface area (Å²) in [6.45, 7) is 5.44. The Morgan fingerprint density at radius 2 is 1.89 bits per heavy atom. The van der Waals surface area contributed by atoms with Crippen LogP contribution in [0.25, 0.3) is 6.08 Å². The maximum absolute atomic E-state index is 9.71. The summed E-state index contributed by atoms with van der Waals surface area (Å²) in [5.74, 6) is -0.645. The molecule has 3 heteroatoms. The highest BCUT2D eigenvalue weighted by Gasteiger charge is 2.42. The fourth-order valence-corrected chi connectivity index (χ4v) is 2.11. The molecule has 0 radical (unpaired) electrons. The maximum atomic E-state index is 9.71. The zero-order valence-corrected chi connectivity index (χ0v) is 11.0. The van der Waals surface area contributed by atoms with Crippen LogP contribution in [-0.2, 0) is 9.47 Å². The van der Waals surface area contributed by atoms with Gasteiger partial charge in [-0.15, -0.1) is 0 Å². The van der Waals surface area contributed by atoms with E-state index in [2.05, 4.69) is 0 Å². The van der Waals surface area contributed by atoms with Crippen LogP contribution in [0.1, 0.15) is 26.3 Å². The van der Waals surface area contributed by atoms with E-state index in [4.69, 9.17) is 9.47 Å². The summed E-state index contributed by atoms with van der Waals surface area (Å²) in [5, 5.41) is 9.71. The number of hydrogen-bond donors (Lipinski definition) is 1. The van der Waals surface area contributed by atoms with E-state index in [9.17, 15) is 5.11 Å². The molecule has 1 heterocycles. The van der Waals surface area contributed by atoms with E-state index in [-0.39, 0.29) is 12.2 Å². The molecule has 0 aliphatic carbocycles. The molecule has 1 saturated heterocycles. The van der Waals surface area contributed by atoms with Gasteiger partial charge in [-0.05, 0) is 26.3 Å². The van der Waals surface area contributed by atoms with Crippen molar-refractivity contribution in [2.24, 2.45) is 0 Å². The molecule has 0 amide bonds. The lowest BCUT2D eigenvalue weighted by Crippen LogP contribution is -2.32. The van der Waals surface area contributed by atoms with Crippen molar-refractivity contribution in [3.8, 4) is 0 Å². The minimum atomic E-state index is -0.645. The largest absolute Gasteiger partial charge is 0.391 e. The third-order valence-corrected chi connectivity index (χ3v) is 2.92. The van der Waals surface area contributed by atoms with Gasteiger partial charge in [0.15, 0.2) is 5.79 Å². The molecular formula is C15H20O3. The standard InChI is InChI=1S/C15H20O3/c1-11(16)14-13(17-15(2,3)18-14)10-9-12-7-5-4-6-8-12/h4-11,13-14,16H,1-3H3/b10-9+/t11-,13-,14-/m1/s1. The van der Waals surface area contributed by atoms with Gasteiger partial charge in [0, 0.05) is 0 Å². The van der Waals surface area contributed by atoms with E-state index in [0.717, 1.165) is 5.56 Å². The van der Waals surface area contributed by atoms with Gasteiger partial charge >= 0.3 is 0 Å². The van der Waals surface area contributed by atoms with Gasteiger partial charge in [-0.25, -0.2) is 0 Å². The van der Waals surface area contributed by atoms with Crippen LogP contribution in [0.15, 0.2) is 36.4 Å². The highest BCUT2D eigenvalue weighted by Crippen LogP contribution is 2.30. The average Bonchev–Trinajstić information content (AvgIpc) is 2.64. The molecule has 2 rings (SSSR count). The van der Waals surface area contributed by atoms with Crippen molar-refractivity contribution in [2.75, 3.05) is 0 Å². The molecular weight excluding hydrogens is 228 g/mol. The summed E-state index contributed by atoms with van der Waals surface area (Å²) in [6.07, 6.45) is 2.84. The van der Waals surface area contributed by atoms with Crippen molar-refractivity contribution < 1.29 is 14.6 Å². The fourth-order valence-electron chi connectivity index (χ4n) is 2.11. The molecule has 18 heavy (non-hydrogen) atoms. The van der Waals surface area contributed by atoms with Gasteiger partial charge in [0.2, 0.25) is 0 Å². The molecule has 1 N–H and O–H groups in total. The molecule has 1 aliphatic heterocycles. The van der Waals surface area contributed by atoms with Crippen LogP contribution < -0.4 is 0 Å². The van der Waals surface area contributed by atoms with Crippen LogP contribution >= 0.6 is 0 Å². The van der Waals surface area contributed by atoms with Gasteiger partial charge in [0.05, 0.1) is 6.10 Å². The number of aliphatic hydroxyl groups is 1. The summed E-state index contributed by atoms with van der Waals surface area (Å²) in [4.78, 5) is 0. The Bertz CT molecular complexity index is 409. The second-order valence-electron chi connectivity index (χ2n) is 5.08. The Morgan fingerprint density at radius 3 is 2.50 bits per heavy atom. The second kappa shape index (κ2) is 5.22. The van der Waals surface area contributed by atoms with Crippen molar-refractivity contribution in [1.82, 2.24) is 0 Å².